The van der Waals surface area contributed by atoms with Crippen molar-refractivity contribution in [1.82, 2.24) is 0 Å². The lowest BCUT2D eigenvalue weighted by atomic mass is 9.93. The number of benzene rings is 1. The van der Waals surface area contributed by atoms with Crippen LogP contribution in [-0.4, -0.2) is 6.54 Å². The molecular weight excluding hydrogens is 208 g/mol. The topological polar surface area (TPSA) is 26.0 Å². The molecular formula is C13H19F2N. The Bertz CT molecular complexity index is 332. The summed E-state index contributed by atoms with van der Waals surface area (Å²) in [5.41, 5.74) is 6.63. The summed E-state index contributed by atoms with van der Waals surface area (Å²) in [5.74, 6) is -2.56. The van der Waals surface area contributed by atoms with Crippen molar-refractivity contribution in [2.75, 3.05) is 6.54 Å². The number of rotatable bonds is 5. The second kappa shape index (κ2) is 5.39. The van der Waals surface area contributed by atoms with Gasteiger partial charge in [-0.05, 0) is 30.5 Å². The first-order chi connectivity index (χ1) is 7.55. The summed E-state index contributed by atoms with van der Waals surface area (Å²) < 4.78 is 27.0. The molecule has 3 heteroatoms. The maximum atomic E-state index is 13.5. The molecule has 0 saturated heterocycles. The average Bonchev–Trinajstić information content (AvgIpc) is 2.31. The summed E-state index contributed by atoms with van der Waals surface area (Å²) in [6.07, 6.45) is 0.702. The highest BCUT2D eigenvalue weighted by Gasteiger charge is 2.29. The van der Waals surface area contributed by atoms with E-state index in [9.17, 15) is 8.78 Å². The fraction of sp³-hybridized carbons (Fsp3) is 0.538. The van der Waals surface area contributed by atoms with Gasteiger partial charge in [0.05, 0.1) is 0 Å². The summed E-state index contributed by atoms with van der Waals surface area (Å²) in [4.78, 5) is 0. The monoisotopic (exact) mass is 227 g/mol. The fourth-order valence-corrected chi connectivity index (χ4v) is 1.76. The first-order valence-electron chi connectivity index (χ1n) is 5.73. The Hall–Kier alpha value is -0.960. The van der Waals surface area contributed by atoms with Crippen molar-refractivity contribution in [3.05, 3.63) is 35.4 Å². The molecule has 0 amide bonds. The van der Waals surface area contributed by atoms with Crippen LogP contribution in [0, 0.1) is 0 Å². The molecule has 1 aromatic rings. The van der Waals surface area contributed by atoms with E-state index in [1.807, 2.05) is 13.0 Å². The molecule has 1 atom stereocenters. The number of halogens is 2. The highest BCUT2D eigenvalue weighted by molar-refractivity contribution is 5.29. The number of hydrogen-bond donors (Lipinski definition) is 1. The molecule has 0 aliphatic heterocycles. The quantitative estimate of drug-likeness (QED) is 0.816. The van der Waals surface area contributed by atoms with Crippen LogP contribution in [0.25, 0.3) is 0 Å². The second-order valence-corrected chi connectivity index (χ2v) is 4.02. The van der Waals surface area contributed by atoms with Gasteiger partial charge in [-0.1, -0.05) is 32.0 Å². The zero-order valence-electron chi connectivity index (χ0n) is 9.84. The standard InChI is InChI=1S/C13H19F2N/c1-3-10(9-16)11-6-5-7-12(8-11)13(14,15)4-2/h5-8,10H,3-4,9,16H2,1-2H3. The first kappa shape index (κ1) is 13.1. The van der Waals surface area contributed by atoms with Gasteiger partial charge in [-0.2, -0.15) is 0 Å². The molecule has 1 aromatic carbocycles. The van der Waals surface area contributed by atoms with Crippen LogP contribution < -0.4 is 5.73 Å². The number of nitrogens with two attached hydrogens (primary N) is 1. The van der Waals surface area contributed by atoms with Crippen molar-refractivity contribution in [2.45, 2.75) is 38.5 Å². The summed E-state index contributed by atoms with van der Waals surface area (Å²) in [5, 5.41) is 0. The first-order valence-corrected chi connectivity index (χ1v) is 5.73. The molecule has 0 saturated carbocycles. The Morgan fingerprint density at radius 3 is 2.50 bits per heavy atom. The molecule has 0 heterocycles. The van der Waals surface area contributed by atoms with E-state index in [4.69, 9.17) is 5.73 Å². The minimum atomic E-state index is -2.73. The van der Waals surface area contributed by atoms with Crippen molar-refractivity contribution in [3.63, 3.8) is 0 Å². The molecule has 0 bridgehead atoms. The number of hydrogen-bond acceptors (Lipinski definition) is 1. The van der Waals surface area contributed by atoms with Gasteiger partial charge in [-0.25, -0.2) is 8.78 Å². The van der Waals surface area contributed by atoms with E-state index in [0.717, 1.165) is 12.0 Å². The predicted octanol–water partition coefficient (Wildman–Crippen LogP) is 3.64. The lowest BCUT2D eigenvalue weighted by molar-refractivity contribution is -0.00837. The zero-order valence-corrected chi connectivity index (χ0v) is 9.84. The largest absolute Gasteiger partial charge is 0.330 e. The van der Waals surface area contributed by atoms with E-state index < -0.39 is 5.92 Å². The van der Waals surface area contributed by atoms with E-state index in [2.05, 4.69) is 0 Å². The van der Waals surface area contributed by atoms with E-state index in [0.29, 0.717) is 6.54 Å². The molecule has 0 aliphatic carbocycles. The van der Waals surface area contributed by atoms with Gasteiger partial charge >= 0.3 is 0 Å². The molecule has 0 radical (unpaired) electrons. The van der Waals surface area contributed by atoms with Crippen LogP contribution in [0.5, 0.6) is 0 Å². The van der Waals surface area contributed by atoms with Crippen molar-refractivity contribution in [1.29, 1.82) is 0 Å². The Morgan fingerprint density at radius 2 is 2.00 bits per heavy atom. The van der Waals surface area contributed by atoms with Gasteiger partial charge in [-0.3, -0.25) is 0 Å². The SMILES string of the molecule is CCC(CN)c1cccc(C(F)(F)CC)c1. The third kappa shape index (κ3) is 2.79. The molecule has 2 N–H and O–H groups in total. The van der Waals surface area contributed by atoms with E-state index in [-0.39, 0.29) is 17.9 Å². The fourth-order valence-electron chi connectivity index (χ4n) is 1.76. The molecule has 90 valence electrons. The maximum absolute atomic E-state index is 13.5. The second-order valence-electron chi connectivity index (χ2n) is 4.02. The van der Waals surface area contributed by atoms with E-state index >= 15 is 0 Å². The molecule has 1 unspecified atom stereocenters. The van der Waals surface area contributed by atoms with Crippen LogP contribution in [0.15, 0.2) is 24.3 Å². The minimum Gasteiger partial charge on any atom is -0.330 e. The van der Waals surface area contributed by atoms with Crippen LogP contribution in [0.1, 0.15) is 43.7 Å². The van der Waals surface area contributed by atoms with Gasteiger partial charge in [0, 0.05) is 12.0 Å². The number of alkyl halides is 2. The molecule has 0 spiro atoms. The van der Waals surface area contributed by atoms with Gasteiger partial charge in [0.15, 0.2) is 0 Å². The van der Waals surface area contributed by atoms with Crippen LogP contribution >= 0.6 is 0 Å². The van der Waals surface area contributed by atoms with Crippen LogP contribution in [0.2, 0.25) is 0 Å². The smallest absolute Gasteiger partial charge is 0.273 e. The summed E-state index contributed by atoms with van der Waals surface area (Å²) in [7, 11) is 0. The van der Waals surface area contributed by atoms with E-state index in [1.54, 1.807) is 12.1 Å². The van der Waals surface area contributed by atoms with Crippen molar-refractivity contribution < 1.29 is 8.78 Å². The zero-order chi connectivity index (χ0) is 12.2. The molecule has 0 fully saturated rings. The summed E-state index contributed by atoms with van der Waals surface area (Å²) in [6.45, 7) is 4.01. The normalized spacial score (nSPS) is 13.8. The molecule has 1 rings (SSSR count). The highest BCUT2D eigenvalue weighted by atomic mass is 19.3. The lowest BCUT2D eigenvalue weighted by Gasteiger charge is -2.18. The molecule has 0 aliphatic rings. The summed E-state index contributed by atoms with van der Waals surface area (Å²) in [6, 6.07) is 6.63. The Kier molecular flexibility index (Phi) is 4.42. The van der Waals surface area contributed by atoms with Crippen LogP contribution in [0.4, 0.5) is 8.78 Å². The van der Waals surface area contributed by atoms with Gasteiger partial charge in [0.1, 0.15) is 0 Å². The van der Waals surface area contributed by atoms with Crippen LogP contribution in [0.3, 0.4) is 0 Å². The summed E-state index contributed by atoms with van der Waals surface area (Å²) >= 11 is 0. The van der Waals surface area contributed by atoms with E-state index in [1.165, 1.54) is 13.0 Å². The Morgan fingerprint density at radius 1 is 1.31 bits per heavy atom. The minimum absolute atomic E-state index is 0.0967. The molecule has 1 nitrogen and oxygen atoms in total. The third-order valence-electron chi connectivity index (χ3n) is 3.00. The third-order valence-corrected chi connectivity index (χ3v) is 3.00. The maximum Gasteiger partial charge on any atom is 0.273 e. The van der Waals surface area contributed by atoms with Gasteiger partial charge in [0.25, 0.3) is 5.92 Å². The highest BCUT2D eigenvalue weighted by Crippen LogP contribution is 2.33. The Balaban J connectivity index is 3.03. The van der Waals surface area contributed by atoms with Gasteiger partial charge in [0.2, 0.25) is 0 Å². The van der Waals surface area contributed by atoms with Gasteiger partial charge in [-0.15, -0.1) is 0 Å². The van der Waals surface area contributed by atoms with Crippen molar-refractivity contribution in [2.24, 2.45) is 5.73 Å². The lowest BCUT2D eigenvalue weighted by Crippen LogP contribution is -2.15. The van der Waals surface area contributed by atoms with Crippen molar-refractivity contribution >= 4 is 0 Å². The Labute approximate surface area is 95.7 Å². The average molecular weight is 227 g/mol. The van der Waals surface area contributed by atoms with Crippen LogP contribution in [-0.2, 0) is 5.92 Å². The molecule has 16 heavy (non-hydrogen) atoms. The predicted molar refractivity (Wildman–Crippen MR) is 62.7 cm³/mol. The molecule has 0 aromatic heterocycles. The van der Waals surface area contributed by atoms with Crippen molar-refractivity contribution in [3.8, 4) is 0 Å². The van der Waals surface area contributed by atoms with Gasteiger partial charge < -0.3 is 5.73 Å².